The topological polar surface area (TPSA) is 69.4 Å². The fourth-order valence-corrected chi connectivity index (χ4v) is 10.1. The van der Waals surface area contributed by atoms with Crippen LogP contribution in [0.1, 0.15) is 11.5 Å². The highest BCUT2D eigenvalue weighted by molar-refractivity contribution is 7.96. The Kier molecular flexibility index (Phi) is 7.72. The largest absolute Gasteiger partial charge is 0.466 e. The zero-order chi connectivity index (χ0) is 27.2. The summed E-state index contributed by atoms with van der Waals surface area (Å²) < 4.78 is 5.51. The summed E-state index contributed by atoms with van der Waals surface area (Å²) in [6.45, 7) is -3.41. The van der Waals surface area contributed by atoms with Crippen LogP contribution < -0.4 is 15.9 Å². The van der Waals surface area contributed by atoms with Gasteiger partial charge in [-0.25, -0.2) is 4.79 Å². The Morgan fingerprint density at radius 2 is 1.18 bits per heavy atom. The number of rotatable bonds is 8. The number of fused-ring (bicyclic) bond motifs is 1. The van der Waals surface area contributed by atoms with E-state index in [-0.39, 0.29) is 4.92 Å². The molecule has 0 saturated carbocycles. The number of carbonyl (C=O) groups is 1. The summed E-state index contributed by atoms with van der Waals surface area (Å²) in [5, 5.41) is 17.3. The van der Waals surface area contributed by atoms with Crippen molar-refractivity contribution in [2.75, 3.05) is 13.7 Å². The van der Waals surface area contributed by atoms with E-state index in [9.17, 15) is 14.9 Å². The van der Waals surface area contributed by atoms with Crippen LogP contribution in [0.25, 0.3) is 10.8 Å². The van der Waals surface area contributed by atoms with E-state index < -0.39 is 25.3 Å². The van der Waals surface area contributed by atoms with Crippen LogP contribution in [0, 0.1) is 10.1 Å². The van der Waals surface area contributed by atoms with Crippen molar-refractivity contribution in [2.45, 2.75) is 5.92 Å². The molecule has 0 aliphatic rings. The number of esters is 1. The third-order valence-corrected chi connectivity index (χ3v) is 11.5. The molecule has 0 N–H and O–H groups in total. The Balaban J connectivity index is 2.06. The zero-order valence-corrected chi connectivity index (χ0v) is 22.4. The minimum atomic E-state index is -2.95. The molecule has 0 aliphatic heterocycles. The third kappa shape index (κ3) is 4.89. The zero-order valence-electron chi connectivity index (χ0n) is 21.5. The molecule has 39 heavy (non-hydrogen) atoms. The second-order valence-corrected chi connectivity index (χ2v) is 12.6. The highest BCUT2D eigenvalue weighted by atomic mass is 31.2. The van der Waals surface area contributed by atoms with Crippen LogP contribution in [0.2, 0.25) is 0 Å². The molecule has 0 saturated heterocycles. The first-order chi connectivity index (χ1) is 19.1. The smallest absolute Gasteiger partial charge is 0.335 e. The number of benzene rings is 5. The van der Waals surface area contributed by atoms with Gasteiger partial charge in [-0.15, -0.1) is 0 Å². The van der Waals surface area contributed by atoms with Crippen LogP contribution in [0.15, 0.2) is 133 Å². The number of nitro groups is 1. The van der Waals surface area contributed by atoms with Crippen LogP contribution in [-0.2, 0) is 9.53 Å². The second-order valence-electron chi connectivity index (χ2n) is 9.19. The molecule has 194 valence electrons. The fraction of sp³-hybridized carbons (Fsp3) is 0.0909. The number of hydrogen-bond donors (Lipinski definition) is 0. The van der Waals surface area contributed by atoms with Crippen molar-refractivity contribution in [1.82, 2.24) is 0 Å². The highest BCUT2D eigenvalue weighted by Crippen LogP contribution is 2.50. The molecule has 5 aromatic rings. The van der Waals surface area contributed by atoms with Crippen molar-refractivity contribution >= 4 is 44.8 Å². The van der Waals surface area contributed by atoms with Gasteiger partial charge in [-0.2, -0.15) is 0 Å². The van der Waals surface area contributed by atoms with Gasteiger partial charge in [-0.05, 0) is 39.1 Å². The number of carbonyl (C=O) groups excluding carboxylic acids is 1. The van der Waals surface area contributed by atoms with Crippen molar-refractivity contribution in [1.29, 1.82) is 0 Å². The van der Waals surface area contributed by atoms with Gasteiger partial charge >= 0.3 is 5.97 Å². The van der Waals surface area contributed by atoms with Crippen LogP contribution in [0.5, 0.6) is 0 Å². The van der Waals surface area contributed by atoms with Gasteiger partial charge in [0, 0.05) is 4.92 Å². The average molecular weight is 534 g/mol. The van der Waals surface area contributed by atoms with E-state index in [0.717, 1.165) is 32.2 Å². The quantitative estimate of drug-likeness (QED) is 0.114. The molecule has 5 nitrogen and oxygen atoms in total. The maximum absolute atomic E-state index is 14.2. The van der Waals surface area contributed by atoms with Crippen molar-refractivity contribution in [3.05, 3.63) is 149 Å². The summed E-state index contributed by atoms with van der Waals surface area (Å²) in [6.07, 6.45) is 0. The van der Waals surface area contributed by atoms with Gasteiger partial charge in [-0.3, -0.25) is 10.1 Å². The maximum Gasteiger partial charge on any atom is 0.335 e. The monoisotopic (exact) mass is 533 g/mol. The maximum atomic E-state index is 14.2. The molecule has 0 amide bonds. The van der Waals surface area contributed by atoms with E-state index in [1.165, 1.54) is 7.11 Å². The van der Waals surface area contributed by atoms with Crippen LogP contribution in [-0.4, -0.2) is 29.8 Å². The first-order valence-corrected chi connectivity index (χ1v) is 14.5. The second kappa shape index (κ2) is 11.5. The van der Waals surface area contributed by atoms with Gasteiger partial charge in [0.2, 0.25) is 6.54 Å². The Bertz CT molecular complexity index is 1560. The standard InChI is InChI=1S/C33H28NO4P/c1-38-33(35)32(31(24-34(36)37)30-23-13-15-25-14-11-12-22-29(25)30)39(26-16-5-2-6-17-26,27-18-7-3-8-19-27)28-20-9-4-10-21-28/h2-23,31H,24H2,1H3. The van der Waals surface area contributed by atoms with E-state index in [1.54, 1.807) is 0 Å². The number of methoxy groups -OCH3 is 1. The number of nitrogens with zero attached hydrogens (tertiary/aromatic N) is 1. The highest BCUT2D eigenvalue weighted by Gasteiger charge is 2.40. The van der Waals surface area contributed by atoms with E-state index in [2.05, 4.69) is 0 Å². The first-order valence-electron chi connectivity index (χ1n) is 12.7. The van der Waals surface area contributed by atoms with Crippen LogP contribution in [0.3, 0.4) is 0 Å². The Hall–Kier alpha value is -4.47. The predicted molar refractivity (Wildman–Crippen MR) is 161 cm³/mol. The average Bonchev–Trinajstić information content (AvgIpc) is 2.99. The Labute approximate surface area is 227 Å². The molecular formula is C33H28NO4P. The van der Waals surface area contributed by atoms with Crippen LogP contribution >= 0.6 is 6.89 Å². The summed E-state index contributed by atoms with van der Waals surface area (Å²) >= 11 is 0. The molecular weight excluding hydrogens is 505 g/mol. The molecule has 0 aromatic heterocycles. The fourth-order valence-electron chi connectivity index (χ4n) is 5.47. The molecule has 5 rings (SSSR count). The minimum absolute atomic E-state index is 0.328. The lowest BCUT2D eigenvalue weighted by molar-refractivity contribution is -0.480. The van der Waals surface area contributed by atoms with Crippen molar-refractivity contribution in [2.24, 2.45) is 0 Å². The Morgan fingerprint density at radius 1 is 0.718 bits per heavy atom. The molecule has 0 spiro atoms. The Morgan fingerprint density at radius 3 is 1.67 bits per heavy atom. The number of hydrogen-bond acceptors (Lipinski definition) is 4. The molecule has 0 radical (unpaired) electrons. The van der Waals surface area contributed by atoms with E-state index in [0.29, 0.717) is 5.29 Å². The molecule has 1 unspecified atom stereocenters. The van der Waals surface area contributed by atoms with Gasteiger partial charge in [-0.1, -0.05) is 133 Å². The first kappa shape index (κ1) is 26.1. The minimum Gasteiger partial charge on any atom is -0.466 e. The third-order valence-electron chi connectivity index (χ3n) is 7.05. The molecule has 0 aliphatic carbocycles. The lowest BCUT2D eigenvalue weighted by Crippen LogP contribution is -2.39. The lowest BCUT2D eigenvalue weighted by Gasteiger charge is -2.34. The van der Waals surface area contributed by atoms with Crippen molar-refractivity contribution in [3.63, 3.8) is 0 Å². The van der Waals surface area contributed by atoms with Crippen molar-refractivity contribution < 1.29 is 14.5 Å². The molecule has 1 atom stereocenters. The van der Waals surface area contributed by atoms with E-state index in [1.807, 2.05) is 133 Å². The van der Waals surface area contributed by atoms with Gasteiger partial charge in [0.1, 0.15) is 0 Å². The van der Waals surface area contributed by atoms with Gasteiger partial charge in [0.25, 0.3) is 0 Å². The molecule has 0 fully saturated rings. The summed E-state index contributed by atoms with van der Waals surface area (Å²) in [4.78, 5) is 26.2. The summed E-state index contributed by atoms with van der Waals surface area (Å²) in [5.74, 6) is -1.38. The summed E-state index contributed by atoms with van der Waals surface area (Å²) in [5.41, 5.74) is 0.734. The van der Waals surface area contributed by atoms with Gasteiger partial charge < -0.3 is 4.74 Å². The molecule has 6 heteroatoms. The normalized spacial score (nSPS) is 12.0. The molecule has 0 bridgehead atoms. The lowest BCUT2D eigenvalue weighted by atomic mass is 9.91. The van der Waals surface area contributed by atoms with Gasteiger partial charge in [0.05, 0.1) is 18.3 Å². The SMILES string of the molecule is COC(=O)C(C(C[N+](=O)[O-])c1cccc2ccccc12)=P(c1ccccc1)(c1ccccc1)c1ccccc1. The van der Waals surface area contributed by atoms with Crippen molar-refractivity contribution in [3.8, 4) is 0 Å². The molecule has 0 heterocycles. The van der Waals surface area contributed by atoms with Crippen LogP contribution in [0.4, 0.5) is 0 Å². The predicted octanol–water partition coefficient (Wildman–Crippen LogP) is 5.54. The summed E-state index contributed by atoms with van der Waals surface area (Å²) in [6, 6.07) is 43.2. The molecule has 5 aromatic carbocycles. The number of ether oxygens (including phenoxy) is 1. The summed E-state index contributed by atoms with van der Waals surface area (Å²) in [7, 11) is 1.35. The van der Waals surface area contributed by atoms with E-state index >= 15 is 0 Å². The van der Waals surface area contributed by atoms with E-state index in [4.69, 9.17) is 4.74 Å². The van der Waals surface area contributed by atoms with Gasteiger partial charge in [0.15, 0.2) is 0 Å².